The number of ether oxygens (including phenoxy) is 1. The van der Waals surface area contributed by atoms with Crippen molar-refractivity contribution < 1.29 is 4.74 Å². The van der Waals surface area contributed by atoms with E-state index in [1.54, 1.807) is 6.20 Å². The fourth-order valence-electron chi connectivity index (χ4n) is 3.46. The molecule has 1 aromatic rings. The third-order valence-electron chi connectivity index (χ3n) is 4.78. The van der Waals surface area contributed by atoms with Crippen molar-refractivity contribution in [2.75, 3.05) is 38.2 Å². The van der Waals surface area contributed by atoms with Gasteiger partial charge in [-0.25, -0.2) is 4.98 Å². The second-order valence-electron chi connectivity index (χ2n) is 6.10. The van der Waals surface area contributed by atoms with Crippen molar-refractivity contribution in [3.63, 3.8) is 0 Å². The molecule has 2 saturated heterocycles. The predicted molar refractivity (Wildman–Crippen MR) is 85.9 cm³/mol. The van der Waals surface area contributed by atoms with Crippen molar-refractivity contribution in [2.45, 2.75) is 37.6 Å². The van der Waals surface area contributed by atoms with Gasteiger partial charge < -0.3 is 10.1 Å². The Balaban J connectivity index is 1.68. The van der Waals surface area contributed by atoms with E-state index in [0.29, 0.717) is 5.02 Å². The van der Waals surface area contributed by atoms with Gasteiger partial charge in [0.25, 0.3) is 0 Å². The third-order valence-corrected chi connectivity index (χ3v) is 5.00. The third kappa shape index (κ3) is 3.68. The van der Waals surface area contributed by atoms with Crippen molar-refractivity contribution in [1.29, 1.82) is 0 Å². The van der Waals surface area contributed by atoms with Crippen LogP contribution in [0, 0.1) is 0 Å². The maximum Gasteiger partial charge on any atom is 0.126 e. The maximum atomic E-state index is 5.89. The zero-order valence-corrected chi connectivity index (χ0v) is 13.2. The number of piperidine rings is 1. The minimum atomic E-state index is 0.222. The topological polar surface area (TPSA) is 37.4 Å². The van der Waals surface area contributed by atoms with Crippen LogP contribution in [0.5, 0.6) is 0 Å². The second-order valence-corrected chi connectivity index (χ2v) is 6.54. The molecule has 0 unspecified atom stereocenters. The molecule has 2 fully saturated rings. The summed E-state index contributed by atoms with van der Waals surface area (Å²) in [7, 11) is 0. The Morgan fingerprint density at radius 3 is 2.62 bits per heavy atom. The largest absolute Gasteiger partial charge is 0.381 e. The van der Waals surface area contributed by atoms with Gasteiger partial charge in [-0.1, -0.05) is 18.0 Å². The molecular weight excluding hydrogens is 286 g/mol. The first kappa shape index (κ1) is 15.1. The van der Waals surface area contributed by atoms with Gasteiger partial charge in [0.05, 0.1) is 5.02 Å². The SMILES string of the molecule is Clc1ccc(NCC2(N3CCCCC3)CCOCC2)nc1. The maximum absolute atomic E-state index is 5.89. The van der Waals surface area contributed by atoms with Gasteiger partial charge in [-0.15, -0.1) is 0 Å². The molecule has 3 heterocycles. The highest BCUT2D eigenvalue weighted by atomic mass is 35.5. The fourth-order valence-corrected chi connectivity index (χ4v) is 3.57. The van der Waals surface area contributed by atoms with E-state index in [1.807, 2.05) is 12.1 Å². The van der Waals surface area contributed by atoms with Gasteiger partial charge in [-0.3, -0.25) is 4.90 Å². The lowest BCUT2D eigenvalue weighted by atomic mass is 9.86. The number of nitrogens with one attached hydrogen (secondary N) is 1. The summed E-state index contributed by atoms with van der Waals surface area (Å²) in [6.45, 7) is 5.11. The summed E-state index contributed by atoms with van der Waals surface area (Å²) in [4.78, 5) is 7.03. The zero-order chi connectivity index (χ0) is 14.5. The molecule has 0 amide bonds. The van der Waals surface area contributed by atoms with Gasteiger partial charge >= 0.3 is 0 Å². The van der Waals surface area contributed by atoms with Gasteiger partial charge in [0.15, 0.2) is 0 Å². The first-order valence-corrected chi connectivity index (χ1v) is 8.35. The number of aromatic nitrogens is 1. The quantitative estimate of drug-likeness (QED) is 0.927. The molecular formula is C16H24ClN3O. The zero-order valence-electron chi connectivity index (χ0n) is 12.5. The molecule has 2 aliphatic heterocycles. The Morgan fingerprint density at radius 1 is 1.19 bits per heavy atom. The molecule has 2 aliphatic rings. The van der Waals surface area contributed by atoms with Crippen LogP contribution in [-0.2, 0) is 4.74 Å². The van der Waals surface area contributed by atoms with E-state index < -0.39 is 0 Å². The number of rotatable bonds is 4. The number of hydrogen-bond acceptors (Lipinski definition) is 4. The van der Waals surface area contributed by atoms with Crippen LogP contribution in [0.25, 0.3) is 0 Å². The van der Waals surface area contributed by atoms with Crippen LogP contribution in [0.2, 0.25) is 5.02 Å². The van der Waals surface area contributed by atoms with Crippen LogP contribution in [0.3, 0.4) is 0 Å². The van der Waals surface area contributed by atoms with E-state index in [2.05, 4.69) is 15.2 Å². The molecule has 3 rings (SSSR count). The smallest absolute Gasteiger partial charge is 0.126 e. The van der Waals surface area contributed by atoms with Crippen LogP contribution in [0.4, 0.5) is 5.82 Å². The summed E-state index contributed by atoms with van der Waals surface area (Å²) in [5.41, 5.74) is 0.222. The highest BCUT2D eigenvalue weighted by Crippen LogP contribution is 2.31. The molecule has 4 nitrogen and oxygen atoms in total. The molecule has 0 radical (unpaired) electrons. The molecule has 116 valence electrons. The van der Waals surface area contributed by atoms with Crippen LogP contribution >= 0.6 is 11.6 Å². The molecule has 5 heteroatoms. The summed E-state index contributed by atoms with van der Waals surface area (Å²) >= 11 is 5.89. The molecule has 1 N–H and O–H groups in total. The summed E-state index contributed by atoms with van der Waals surface area (Å²) in [5.74, 6) is 0.905. The fraction of sp³-hybridized carbons (Fsp3) is 0.688. The molecule has 1 aromatic heterocycles. The van der Waals surface area contributed by atoms with Crippen molar-refractivity contribution >= 4 is 17.4 Å². The van der Waals surface area contributed by atoms with E-state index in [-0.39, 0.29) is 5.54 Å². The van der Waals surface area contributed by atoms with Crippen LogP contribution in [0.1, 0.15) is 32.1 Å². The monoisotopic (exact) mass is 309 g/mol. The minimum absolute atomic E-state index is 0.222. The van der Waals surface area contributed by atoms with Crippen molar-refractivity contribution in [3.05, 3.63) is 23.4 Å². The average molecular weight is 310 g/mol. The van der Waals surface area contributed by atoms with E-state index in [9.17, 15) is 0 Å². The lowest BCUT2D eigenvalue weighted by Crippen LogP contribution is -2.57. The van der Waals surface area contributed by atoms with E-state index >= 15 is 0 Å². The standard InChI is InChI=1S/C16H24ClN3O/c17-14-4-5-15(18-12-14)19-13-16(6-10-21-11-7-16)20-8-2-1-3-9-20/h4-5,12H,1-3,6-11,13H2,(H,18,19). The summed E-state index contributed by atoms with van der Waals surface area (Å²) in [6.07, 6.45) is 7.92. The van der Waals surface area contributed by atoms with E-state index in [0.717, 1.165) is 38.4 Å². The normalized spacial score (nSPS) is 22.9. The molecule has 0 bridgehead atoms. The Labute approximate surface area is 131 Å². The van der Waals surface area contributed by atoms with Gasteiger partial charge in [0, 0.05) is 31.5 Å². The summed E-state index contributed by atoms with van der Waals surface area (Å²) < 4.78 is 5.60. The van der Waals surface area contributed by atoms with Crippen LogP contribution in [0.15, 0.2) is 18.3 Å². The Kier molecular flexibility index (Phi) is 4.99. The highest BCUT2D eigenvalue weighted by Gasteiger charge is 2.38. The first-order chi connectivity index (χ1) is 10.3. The molecule has 0 atom stereocenters. The number of hydrogen-bond donors (Lipinski definition) is 1. The van der Waals surface area contributed by atoms with Gasteiger partial charge in [-0.2, -0.15) is 0 Å². The van der Waals surface area contributed by atoms with Crippen molar-refractivity contribution in [3.8, 4) is 0 Å². The Morgan fingerprint density at radius 2 is 1.95 bits per heavy atom. The molecule has 0 spiro atoms. The van der Waals surface area contributed by atoms with Gasteiger partial charge in [0.1, 0.15) is 5.82 Å². The minimum Gasteiger partial charge on any atom is -0.381 e. The molecule has 0 aliphatic carbocycles. The average Bonchev–Trinajstić information content (AvgIpc) is 2.56. The predicted octanol–water partition coefficient (Wildman–Crippen LogP) is 3.18. The second kappa shape index (κ2) is 6.95. The lowest BCUT2D eigenvalue weighted by molar-refractivity contribution is -0.0293. The van der Waals surface area contributed by atoms with Gasteiger partial charge in [0.2, 0.25) is 0 Å². The number of anilines is 1. The van der Waals surface area contributed by atoms with Crippen molar-refractivity contribution in [2.24, 2.45) is 0 Å². The Hall–Kier alpha value is -0.840. The van der Waals surface area contributed by atoms with Crippen molar-refractivity contribution in [1.82, 2.24) is 9.88 Å². The van der Waals surface area contributed by atoms with Crippen LogP contribution < -0.4 is 5.32 Å². The first-order valence-electron chi connectivity index (χ1n) is 7.97. The highest BCUT2D eigenvalue weighted by molar-refractivity contribution is 6.30. The van der Waals surface area contributed by atoms with E-state index in [1.165, 1.54) is 32.4 Å². The van der Waals surface area contributed by atoms with Crippen LogP contribution in [-0.4, -0.2) is 48.3 Å². The number of pyridine rings is 1. The molecule has 0 aromatic carbocycles. The summed E-state index contributed by atoms with van der Waals surface area (Å²) in [5, 5.41) is 4.19. The molecule has 21 heavy (non-hydrogen) atoms. The lowest BCUT2D eigenvalue weighted by Gasteiger charge is -2.48. The molecule has 0 saturated carbocycles. The number of halogens is 1. The van der Waals surface area contributed by atoms with Gasteiger partial charge in [-0.05, 0) is 50.9 Å². The number of likely N-dealkylation sites (tertiary alicyclic amines) is 1. The Bertz CT molecular complexity index is 439. The number of nitrogens with zero attached hydrogens (tertiary/aromatic N) is 2. The van der Waals surface area contributed by atoms with E-state index in [4.69, 9.17) is 16.3 Å². The summed E-state index contributed by atoms with van der Waals surface area (Å²) in [6, 6.07) is 3.83.